The summed E-state index contributed by atoms with van der Waals surface area (Å²) in [6.07, 6.45) is 1.41. The van der Waals surface area contributed by atoms with E-state index in [0.717, 1.165) is 19.3 Å². The summed E-state index contributed by atoms with van der Waals surface area (Å²) in [6, 6.07) is -3.45. The van der Waals surface area contributed by atoms with Crippen LogP contribution in [0.5, 0.6) is 0 Å². The van der Waals surface area contributed by atoms with E-state index in [4.69, 9.17) is 4.84 Å². The second-order valence-corrected chi connectivity index (χ2v) is 9.80. The van der Waals surface area contributed by atoms with E-state index in [1.807, 2.05) is 0 Å². The molecule has 1 saturated heterocycles. The quantitative estimate of drug-likeness (QED) is 0.0773. The number of carbonyl (C=O) groups excluding carboxylic acids is 7. The maximum Gasteiger partial charge on any atom is 0.355 e. The molecule has 4 amide bonds. The molecular weight excluding hydrogens is 606 g/mol. The van der Waals surface area contributed by atoms with Gasteiger partial charge < -0.3 is 29.8 Å². The maximum absolute atomic E-state index is 13.2. The van der Waals surface area contributed by atoms with Crippen molar-refractivity contribution in [2.24, 2.45) is 0 Å². The third kappa shape index (κ3) is 13.2. The zero-order valence-electron chi connectivity index (χ0n) is 21.8. The van der Waals surface area contributed by atoms with Crippen LogP contribution in [0.2, 0.25) is 0 Å². The number of unbranched alkanes of at least 4 members (excludes halogenated alkanes) is 1. The average Bonchev–Trinajstić information content (AvgIpc) is 3.26. The topological polar surface area (TPSA) is 199 Å². The highest BCUT2D eigenvalue weighted by Gasteiger charge is 2.36. The summed E-state index contributed by atoms with van der Waals surface area (Å²) in [4.78, 5) is 91.0. The summed E-state index contributed by atoms with van der Waals surface area (Å²) in [5.74, 6) is -5.40. The predicted octanol–water partition coefficient (Wildman–Crippen LogP) is -0.869. The summed E-state index contributed by atoms with van der Waals surface area (Å²) >= 11 is 0. The molecule has 7 atom stereocenters. The van der Waals surface area contributed by atoms with Crippen LogP contribution in [0, 0.1) is 0 Å². The monoisotopic (exact) mass is 643 g/mol. The fourth-order valence-electron chi connectivity index (χ4n) is 3.51. The van der Waals surface area contributed by atoms with Gasteiger partial charge in [-0.25, -0.2) is 4.79 Å². The molecule has 0 spiro atoms. The molecule has 1 aliphatic rings. The zero-order chi connectivity index (χ0) is 30.1. The summed E-state index contributed by atoms with van der Waals surface area (Å²) in [5, 5.41) is 11.3. The van der Waals surface area contributed by atoms with E-state index in [-0.39, 0.29) is 38.5 Å². The van der Waals surface area contributed by atoms with Crippen molar-refractivity contribution in [3.8, 4) is 0 Å². The molecule has 1 heterocycles. The number of imide groups is 1. The Morgan fingerprint density at radius 1 is 0.800 bits per heavy atom. The lowest BCUT2D eigenvalue weighted by Gasteiger charge is -2.25. The molecule has 0 bridgehead atoms. The summed E-state index contributed by atoms with van der Waals surface area (Å²) in [6.45, 7) is 0.771. The second kappa shape index (κ2) is 20.1. The molecule has 0 radical (unpaired) electrons. The Bertz CT molecular complexity index is 912. The number of carbonyl (C=O) groups is 7. The molecule has 0 aliphatic carbocycles. The molecule has 0 saturated carbocycles. The third-order valence-electron chi connectivity index (χ3n) is 5.72. The van der Waals surface area contributed by atoms with Crippen LogP contribution in [0.25, 0.3) is 0 Å². The first-order chi connectivity index (χ1) is 19.1. The van der Waals surface area contributed by atoms with Crippen molar-refractivity contribution in [3.63, 3.8) is 0 Å². The first kappa shape index (κ1) is 36.2. The standard InChI is InChI=1S/C21H37N5O10P4/c27-15-6-7-16(28)26(15)34-21(33)14(5-9-18(30)36-40)24-19(31)12(4-8-17(29)35-39)23-20(32)13(25-38)3-1-2-10-22-11-37/h12-14,22,25H,1-11,37-40H2,(H,23,32)(H,24,31)/t12?,13-,14?/m0/s1. The minimum Gasteiger partial charge on any atom is -0.452 e. The normalized spacial score (nSPS) is 15.2. The molecule has 4 N–H and O–H groups in total. The number of nitrogens with zero attached hydrogens (tertiary/aromatic N) is 1. The Morgan fingerprint density at radius 2 is 1.32 bits per heavy atom. The molecule has 15 nitrogen and oxygen atoms in total. The summed E-state index contributed by atoms with van der Waals surface area (Å²) in [5.41, 5.74) is 0. The molecule has 0 aromatic carbocycles. The first-order valence-electron chi connectivity index (χ1n) is 12.4. The van der Waals surface area contributed by atoms with Gasteiger partial charge in [0.15, 0.2) is 0 Å². The van der Waals surface area contributed by atoms with E-state index in [1.165, 1.54) is 0 Å². The van der Waals surface area contributed by atoms with E-state index in [1.54, 1.807) is 18.9 Å². The van der Waals surface area contributed by atoms with Crippen molar-refractivity contribution >= 4 is 79.1 Å². The minimum atomic E-state index is -1.49. The summed E-state index contributed by atoms with van der Waals surface area (Å²) in [7, 11) is 8.36. The van der Waals surface area contributed by atoms with Gasteiger partial charge in [0.05, 0.1) is 25.0 Å². The molecule has 1 fully saturated rings. The van der Waals surface area contributed by atoms with Crippen LogP contribution in [-0.4, -0.2) is 77.6 Å². The number of rotatable bonds is 19. The van der Waals surface area contributed by atoms with Gasteiger partial charge in [-0.2, -0.15) is 0 Å². The van der Waals surface area contributed by atoms with Gasteiger partial charge in [-0.3, -0.25) is 33.9 Å². The van der Waals surface area contributed by atoms with Crippen molar-refractivity contribution in [2.45, 2.75) is 75.9 Å². The number of hydroxylamine groups is 2. The van der Waals surface area contributed by atoms with Gasteiger partial charge in [0.2, 0.25) is 11.8 Å². The van der Waals surface area contributed by atoms with Crippen LogP contribution in [0.4, 0.5) is 0 Å². The van der Waals surface area contributed by atoms with Gasteiger partial charge in [0.25, 0.3) is 11.8 Å². The van der Waals surface area contributed by atoms with Crippen LogP contribution in [0.1, 0.15) is 57.8 Å². The second-order valence-electron chi connectivity index (χ2n) is 8.59. The highest BCUT2D eigenvalue weighted by atomic mass is 31.0. The molecule has 1 rings (SSSR count). The van der Waals surface area contributed by atoms with Crippen molar-refractivity contribution in [3.05, 3.63) is 0 Å². The zero-order valence-corrected chi connectivity index (χ0v) is 26.5. The summed E-state index contributed by atoms with van der Waals surface area (Å²) < 4.78 is 9.04. The van der Waals surface area contributed by atoms with Gasteiger partial charge in [0, 0.05) is 32.0 Å². The molecule has 6 unspecified atom stereocenters. The molecule has 0 aromatic rings. The minimum absolute atomic E-state index is 0.137. The van der Waals surface area contributed by atoms with Crippen molar-refractivity contribution in [1.82, 2.24) is 26.1 Å². The average molecular weight is 643 g/mol. The van der Waals surface area contributed by atoms with Crippen LogP contribution < -0.4 is 21.0 Å². The highest BCUT2D eigenvalue weighted by Crippen LogP contribution is 2.15. The lowest BCUT2D eigenvalue weighted by atomic mass is 10.1. The van der Waals surface area contributed by atoms with E-state index >= 15 is 0 Å². The SMILES string of the molecule is O=C(CCC(NC(=O)[C@H](CCCCNCP)NP)C(=O)NC(CCC(=O)OP)C(=O)ON1C(=O)CCC1=O)OP. The van der Waals surface area contributed by atoms with Gasteiger partial charge in [0.1, 0.15) is 12.1 Å². The van der Waals surface area contributed by atoms with Gasteiger partial charge in [-0.05, 0) is 32.2 Å². The molecule has 40 heavy (non-hydrogen) atoms. The highest BCUT2D eigenvalue weighted by molar-refractivity contribution is 7.16. The number of nitrogens with one attached hydrogen (secondary N) is 4. The van der Waals surface area contributed by atoms with Crippen LogP contribution >= 0.6 is 37.6 Å². The predicted molar refractivity (Wildman–Crippen MR) is 154 cm³/mol. The van der Waals surface area contributed by atoms with Gasteiger partial charge >= 0.3 is 17.9 Å². The first-order valence-corrected chi connectivity index (χ1v) is 14.8. The largest absolute Gasteiger partial charge is 0.452 e. The number of amides is 4. The van der Waals surface area contributed by atoms with E-state index in [2.05, 4.69) is 48.7 Å². The van der Waals surface area contributed by atoms with Crippen LogP contribution in [-0.2, 0) is 47.4 Å². The van der Waals surface area contributed by atoms with Crippen molar-refractivity contribution < 1.29 is 47.4 Å². The smallest absolute Gasteiger partial charge is 0.355 e. The van der Waals surface area contributed by atoms with E-state index in [9.17, 15) is 33.6 Å². The number of hydrogen-bond acceptors (Lipinski definition) is 12. The maximum atomic E-state index is 13.2. The van der Waals surface area contributed by atoms with Gasteiger partial charge in [-0.15, -0.1) is 14.3 Å². The Kier molecular flexibility index (Phi) is 18.2. The van der Waals surface area contributed by atoms with E-state index < -0.39 is 59.7 Å². The van der Waals surface area contributed by atoms with Gasteiger partial charge in [-0.1, -0.05) is 15.8 Å². The molecule has 226 valence electrons. The fourth-order valence-corrected chi connectivity index (χ4v) is 4.26. The Labute approximate surface area is 241 Å². The van der Waals surface area contributed by atoms with Crippen molar-refractivity contribution in [2.75, 3.05) is 12.8 Å². The fraction of sp³-hybridized carbons (Fsp3) is 0.667. The molecule has 19 heteroatoms. The Balaban J connectivity index is 3.00. The lowest BCUT2D eigenvalue weighted by Crippen LogP contribution is -2.55. The molecule has 0 aromatic heterocycles. The molecule has 1 aliphatic heterocycles. The number of hydrogen-bond donors (Lipinski definition) is 4. The van der Waals surface area contributed by atoms with E-state index in [0.29, 0.717) is 17.9 Å². The van der Waals surface area contributed by atoms with Crippen LogP contribution in [0.3, 0.4) is 0 Å². The Morgan fingerprint density at radius 3 is 1.85 bits per heavy atom. The molecular formula is C21H37N5O10P4. The third-order valence-corrected chi connectivity index (χ3v) is 6.93. The van der Waals surface area contributed by atoms with Crippen LogP contribution in [0.15, 0.2) is 0 Å². The van der Waals surface area contributed by atoms with Crippen molar-refractivity contribution in [1.29, 1.82) is 0 Å². The Hall–Kier alpha value is -1.87. The lowest BCUT2D eigenvalue weighted by molar-refractivity contribution is -0.199.